The second-order valence-electron chi connectivity index (χ2n) is 4.52. The Morgan fingerprint density at radius 1 is 1.64 bits per heavy atom. The molecule has 0 spiro atoms. The Labute approximate surface area is 85.5 Å². The van der Waals surface area contributed by atoms with Crippen LogP contribution in [-0.4, -0.2) is 15.8 Å². The van der Waals surface area contributed by atoms with Crippen LogP contribution in [-0.2, 0) is 7.05 Å². The van der Waals surface area contributed by atoms with Crippen molar-refractivity contribution in [3.63, 3.8) is 0 Å². The van der Waals surface area contributed by atoms with E-state index in [9.17, 15) is 0 Å². The number of hydrogen-bond acceptors (Lipinski definition) is 2. The van der Waals surface area contributed by atoms with Gasteiger partial charge in [0.25, 0.3) is 0 Å². The molecule has 2 rings (SSSR count). The van der Waals surface area contributed by atoms with Crippen molar-refractivity contribution in [2.24, 2.45) is 13.0 Å². The second-order valence-corrected chi connectivity index (χ2v) is 4.52. The Kier molecular flexibility index (Phi) is 2.48. The minimum Gasteiger partial charge on any atom is -0.366 e. The van der Waals surface area contributed by atoms with E-state index in [2.05, 4.69) is 30.3 Å². The zero-order valence-corrected chi connectivity index (χ0v) is 9.25. The van der Waals surface area contributed by atoms with Crippen LogP contribution < -0.4 is 5.32 Å². The Bertz CT molecular complexity index is 293. The molecule has 1 saturated carbocycles. The molecule has 1 aliphatic carbocycles. The van der Waals surface area contributed by atoms with Crippen LogP contribution >= 0.6 is 0 Å². The van der Waals surface area contributed by atoms with E-state index in [0.717, 1.165) is 11.7 Å². The van der Waals surface area contributed by atoms with Crippen LogP contribution in [0.25, 0.3) is 0 Å². The van der Waals surface area contributed by atoms with E-state index in [1.54, 1.807) is 0 Å². The van der Waals surface area contributed by atoms with Crippen molar-refractivity contribution in [3.05, 3.63) is 11.8 Å². The molecular formula is C11H19N3. The summed E-state index contributed by atoms with van der Waals surface area (Å²) in [5.74, 6) is 1.99. The molecule has 0 aromatic carbocycles. The minimum atomic E-state index is 0.553. The number of aromatic nitrogens is 2. The van der Waals surface area contributed by atoms with Gasteiger partial charge in [-0.15, -0.1) is 0 Å². The summed E-state index contributed by atoms with van der Waals surface area (Å²) in [6.45, 7) is 4.31. The summed E-state index contributed by atoms with van der Waals surface area (Å²) in [6, 6.07) is 2.65. The molecule has 0 saturated heterocycles. The molecule has 1 heterocycles. The predicted molar refractivity (Wildman–Crippen MR) is 58.4 cm³/mol. The molecule has 0 bridgehead atoms. The van der Waals surface area contributed by atoms with Crippen molar-refractivity contribution in [2.75, 3.05) is 5.32 Å². The fourth-order valence-corrected chi connectivity index (χ4v) is 1.80. The van der Waals surface area contributed by atoms with Gasteiger partial charge in [0.2, 0.25) is 0 Å². The monoisotopic (exact) mass is 193 g/mol. The van der Waals surface area contributed by atoms with Gasteiger partial charge in [0.05, 0.1) is 0 Å². The van der Waals surface area contributed by atoms with Gasteiger partial charge in [0.1, 0.15) is 5.82 Å². The largest absolute Gasteiger partial charge is 0.366 e. The van der Waals surface area contributed by atoms with Gasteiger partial charge in [-0.25, -0.2) is 0 Å². The number of nitrogens with zero attached hydrogens (tertiary/aromatic N) is 2. The van der Waals surface area contributed by atoms with E-state index in [0.29, 0.717) is 6.04 Å². The Morgan fingerprint density at radius 2 is 2.36 bits per heavy atom. The summed E-state index contributed by atoms with van der Waals surface area (Å²) in [4.78, 5) is 0. The van der Waals surface area contributed by atoms with Gasteiger partial charge in [0, 0.05) is 24.8 Å². The second kappa shape index (κ2) is 3.64. The van der Waals surface area contributed by atoms with Crippen LogP contribution in [0.15, 0.2) is 6.07 Å². The molecule has 1 aliphatic rings. The maximum atomic E-state index is 4.38. The van der Waals surface area contributed by atoms with E-state index < -0.39 is 0 Å². The van der Waals surface area contributed by atoms with Gasteiger partial charge in [0.15, 0.2) is 0 Å². The first-order chi connectivity index (χ1) is 6.65. The van der Waals surface area contributed by atoms with Gasteiger partial charge in [-0.1, -0.05) is 12.8 Å². The van der Waals surface area contributed by atoms with Gasteiger partial charge in [-0.3, -0.25) is 4.68 Å². The lowest BCUT2D eigenvalue weighted by molar-refractivity contribution is 0.636. The third-order valence-corrected chi connectivity index (χ3v) is 2.89. The first-order valence-corrected chi connectivity index (χ1v) is 5.42. The first kappa shape index (κ1) is 9.56. The van der Waals surface area contributed by atoms with Crippen LogP contribution in [0.3, 0.4) is 0 Å². The summed E-state index contributed by atoms with van der Waals surface area (Å²) in [7, 11) is 1.98. The third kappa shape index (κ3) is 2.28. The quantitative estimate of drug-likeness (QED) is 0.795. The standard InChI is InChI=1S/C11H19N3/c1-8(6-10-4-5-10)12-11-7-9(2)14(3)13-11/h7-8,10H,4-6H2,1-3H3,(H,12,13). The summed E-state index contributed by atoms with van der Waals surface area (Å²) in [5, 5.41) is 7.83. The lowest BCUT2D eigenvalue weighted by Crippen LogP contribution is -2.16. The summed E-state index contributed by atoms with van der Waals surface area (Å²) >= 11 is 0. The molecule has 1 fully saturated rings. The Morgan fingerprint density at radius 3 is 2.86 bits per heavy atom. The molecule has 1 aromatic heterocycles. The summed E-state index contributed by atoms with van der Waals surface area (Å²) in [6.07, 6.45) is 4.14. The fourth-order valence-electron chi connectivity index (χ4n) is 1.80. The number of hydrogen-bond donors (Lipinski definition) is 1. The molecule has 3 nitrogen and oxygen atoms in total. The molecule has 1 unspecified atom stereocenters. The van der Waals surface area contributed by atoms with E-state index >= 15 is 0 Å². The average molecular weight is 193 g/mol. The predicted octanol–water partition coefficient (Wildman–Crippen LogP) is 2.33. The zero-order valence-electron chi connectivity index (χ0n) is 9.25. The topological polar surface area (TPSA) is 29.9 Å². The first-order valence-electron chi connectivity index (χ1n) is 5.42. The van der Waals surface area contributed by atoms with Crippen LogP contribution in [0.1, 0.15) is 31.9 Å². The summed E-state index contributed by atoms with van der Waals surface area (Å²) < 4.78 is 1.91. The number of rotatable bonds is 4. The highest BCUT2D eigenvalue weighted by Gasteiger charge is 2.23. The Balaban J connectivity index is 1.88. The average Bonchev–Trinajstić information content (AvgIpc) is 2.82. The number of anilines is 1. The summed E-state index contributed by atoms with van der Waals surface area (Å²) in [5.41, 5.74) is 1.20. The smallest absolute Gasteiger partial charge is 0.148 e. The molecule has 1 N–H and O–H groups in total. The molecule has 0 radical (unpaired) electrons. The van der Waals surface area contributed by atoms with Crippen molar-refractivity contribution in [3.8, 4) is 0 Å². The molecule has 14 heavy (non-hydrogen) atoms. The molecule has 78 valence electrons. The molecule has 0 aliphatic heterocycles. The maximum Gasteiger partial charge on any atom is 0.148 e. The molecule has 3 heteroatoms. The number of nitrogens with one attached hydrogen (secondary N) is 1. The molecular weight excluding hydrogens is 174 g/mol. The highest BCUT2D eigenvalue weighted by atomic mass is 15.3. The van der Waals surface area contributed by atoms with E-state index in [1.165, 1.54) is 25.0 Å². The SMILES string of the molecule is Cc1cc(NC(C)CC2CC2)nn1C. The van der Waals surface area contributed by atoms with E-state index in [4.69, 9.17) is 0 Å². The highest BCUT2D eigenvalue weighted by molar-refractivity contribution is 5.36. The molecule has 1 aromatic rings. The molecule has 1 atom stereocenters. The number of aryl methyl sites for hydroxylation is 2. The van der Waals surface area contributed by atoms with Gasteiger partial charge >= 0.3 is 0 Å². The van der Waals surface area contributed by atoms with Gasteiger partial charge < -0.3 is 5.32 Å². The van der Waals surface area contributed by atoms with Crippen molar-refractivity contribution in [1.82, 2.24) is 9.78 Å². The van der Waals surface area contributed by atoms with Crippen LogP contribution in [0.5, 0.6) is 0 Å². The van der Waals surface area contributed by atoms with E-state index in [1.807, 2.05) is 11.7 Å². The minimum absolute atomic E-state index is 0.553. The fraction of sp³-hybridized carbons (Fsp3) is 0.727. The van der Waals surface area contributed by atoms with Crippen LogP contribution in [0.4, 0.5) is 5.82 Å². The van der Waals surface area contributed by atoms with Crippen LogP contribution in [0.2, 0.25) is 0 Å². The van der Waals surface area contributed by atoms with Crippen molar-refractivity contribution in [2.45, 2.75) is 39.2 Å². The van der Waals surface area contributed by atoms with Crippen LogP contribution in [0, 0.1) is 12.8 Å². The van der Waals surface area contributed by atoms with Crippen molar-refractivity contribution >= 4 is 5.82 Å². The van der Waals surface area contributed by atoms with E-state index in [-0.39, 0.29) is 0 Å². The maximum absolute atomic E-state index is 4.38. The Hall–Kier alpha value is -0.990. The molecule has 0 amide bonds. The third-order valence-electron chi connectivity index (χ3n) is 2.89. The van der Waals surface area contributed by atoms with Crippen molar-refractivity contribution < 1.29 is 0 Å². The lowest BCUT2D eigenvalue weighted by Gasteiger charge is -2.11. The highest BCUT2D eigenvalue weighted by Crippen LogP contribution is 2.33. The van der Waals surface area contributed by atoms with Crippen molar-refractivity contribution in [1.29, 1.82) is 0 Å². The van der Waals surface area contributed by atoms with Gasteiger partial charge in [-0.05, 0) is 26.2 Å². The normalized spacial score (nSPS) is 18.2. The lowest BCUT2D eigenvalue weighted by atomic mass is 10.1. The zero-order chi connectivity index (χ0) is 10.1. The van der Waals surface area contributed by atoms with Gasteiger partial charge in [-0.2, -0.15) is 5.10 Å².